The third kappa shape index (κ3) is 3.84. The van der Waals surface area contributed by atoms with E-state index < -0.39 is 17.2 Å². The lowest BCUT2D eigenvalue weighted by Crippen LogP contribution is -2.16. The van der Waals surface area contributed by atoms with Crippen molar-refractivity contribution in [3.8, 4) is 23.3 Å². The molecule has 0 bridgehead atoms. The van der Waals surface area contributed by atoms with Crippen LogP contribution in [0.3, 0.4) is 0 Å². The molecule has 0 atom stereocenters. The van der Waals surface area contributed by atoms with Crippen LogP contribution in [-0.4, -0.2) is 26.8 Å². The standard InChI is InChI=1S/C22H16BF2NO2/c1-4-26-19(8-5-14-18(24)7-6-17(23)22(14)25)16-12-21-20(27-9-10-28-21)11-15(16)13(2)3/h4,6-7,11-12H,1-2,9-10H2,3H3. The Morgan fingerprint density at radius 3 is 2.43 bits per heavy atom. The van der Waals surface area contributed by atoms with Crippen molar-refractivity contribution < 1.29 is 18.3 Å². The molecule has 1 heterocycles. The Bertz CT molecular complexity index is 1060. The molecule has 1 aliphatic heterocycles. The second-order valence-electron chi connectivity index (χ2n) is 6.06. The second kappa shape index (κ2) is 8.14. The highest BCUT2D eigenvalue weighted by atomic mass is 19.1. The van der Waals surface area contributed by atoms with Gasteiger partial charge >= 0.3 is 0 Å². The van der Waals surface area contributed by atoms with E-state index in [9.17, 15) is 8.78 Å². The molecule has 2 radical (unpaired) electrons. The van der Waals surface area contributed by atoms with Crippen LogP contribution in [0, 0.1) is 23.5 Å². The van der Waals surface area contributed by atoms with Gasteiger partial charge in [-0.15, -0.1) is 0 Å². The highest BCUT2D eigenvalue weighted by molar-refractivity contribution is 6.32. The van der Waals surface area contributed by atoms with Gasteiger partial charge < -0.3 is 9.47 Å². The van der Waals surface area contributed by atoms with Crippen molar-refractivity contribution >= 4 is 24.6 Å². The fourth-order valence-electron chi connectivity index (χ4n) is 2.70. The van der Waals surface area contributed by atoms with E-state index in [1.807, 2.05) is 6.92 Å². The Morgan fingerprint density at radius 1 is 1.18 bits per heavy atom. The Labute approximate surface area is 163 Å². The molecule has 0 amide bonds. The summed E-state index contributed by atoms with van der Waals surface area (Å²) in [6, 6.07) is 5.72. The quantitative estimate of drug-likeness (QED) is 0.467. The first-order valence-electron chi connectivity index (χ1n) is 8.46. The monoisotopic (exact) mass is 375 g/mol. The molecule has 3 rings (SSSR count). The number of hydrogen-bond donors (Lipinski definition) is 0. The van der Waals surface area contributed by atoms with Gasteiger partial charge in [0.1, 0.15) is 38.4 Å². The van der Waals surface area contributed by atoms with Crippen LogP contribution in [0.25, 0.3) is 5.57 Å². The van der Waals surface area contributed by atoms with Gasteiger partial charge in [0.2, 0.25) is 0 Å². The largest absolute Gasteiger partial charge is 0.486 e. The van der Waals surface area contributed by atoms with Crippen molar-refractivity contribution in [2.45, 2.75) is 6.92 Å². The highest BCUT2D eigenvalue weighted by Crippen LogP contribution is 2.35. The van der Waals surface area contributed by atoms with Crippen molar-refractivity contribution in [3.63, 3.8) is 0 Å². The highest BCUT2D eigenvalue weighted by Gasteiger charge is 2.18. The van der Waals surface area contributed by atoms with Crippen LogP contribution >= 0.6 is 0 Å². The molecular weight excluding hydrogens is 359 g/mol. The van der Waals surface area contributed by atoms with E-state index in [2.05, 4.69) is 30.0 Å². The SMILES string of the molecule is [B]c1ccc(F)c(C#CC(=NC=C)c2cc3c(cc2C(=C)C)OCCO3)c1F. The van der Waals surface area contributed by atoms with Crippen LogP contribution in [0.15, 0.2) is 48.6 Å². The Hall–Kier alpha value is -3.33. The van der Waals surface area contributed by atoms with Gasteiger partial charge in [0, 0.05) is 11.8 Å². The van der Waals surface area contributed by atoms with E-state index in [1.165, 1.54) is 6.20 Å². The normalized spacial score (nSPS) is 12.8. The number of halogens is 2. The molecule has 0 N–H and O–H groups in total. The zero-order valence-electron chi connectivity index (χ0n) is 15.3. The van der Waals surface area contributed by atoms with Crippen LogP contribution in [-0.2, 0) is 0 Å². The summed E-state index contributed by atoms with van der Waals surface area (Å²) in [7, 11) is 5.51. The minimum Gasteiger partial charge on any atom is -0.486 e. The van der Waals surface area contributed by atoms with Gasteiger partial charge in [-0.2, -0.15) is 0 Å². The third-order valence-corrected chi connectivity index (χ3v) is 4.04. The topological polar surface area (TPSA) is 30.8 Å². The summed E-state index contributed by atoms with van der Waals surface area (Å²) in [5.74, 6) is 4.62. The number of hydrogen-bond acceptors (Lipinski definition) is 3. The summed E-state index contributed by atoms with van der Waals surface area (Å²) in [4.78, 5) is 4.18. The van der Waals surface area contributed by atoms with Gasteiger partial charge in [-0.05, 0) is 36.6 Å². The van der Waals surface area contributed by atoms with Gasteiger partial charge in [-0.25, -0.2) is 13.8 Å². The summed E-state index contributed by atoms with van der Waals surface area (Å²) >= 11 is 0. The summed E-state index contributed by atoms with van der Waals surface area (Å²) in [5, 5.41) is 0. The lowest BCUT2D eigenvalue weighted by molar-refractivity contribution is 0.171. The molecule has 1 aliphatic rings. The lowest BCUT2D eigenvalue weighted by atomic mass is 9.93. The maximum Gasteiger partial charge on any atom is 0.162 e. The Morgan fingerprint density at radius 2 is 1.82 bits per heavy atom. The predicted octanol–water partition coefficient (Wildman–Crippen LogP) is 3.55. The van der Waals surface area contributed by atoms with Crippen molar-refractivity contribution in [1.82, 2.24) is 0 Å². The average Bonchev–Trinajstić information content (AvgIpc) is 2.69. The van der Waals surface area contributed by atoms with Crippen LogP contribution in [0.5, 0.6) is 11.5 Å². The average molecular weight is 375 g/mol. The number of allylic oxidation sites excluding steroid dienone is 1. The van der Waals surface area contributed by atoms with Gasteiger partial charge in [-0.1, -0.05) is 36.2 Å². The maximum absolute atomic E-state index is 14.2. The molecule has 0 saturated carbocycles. The van der Waals surface area contributed by atoms with Crippen molar-refractivity contribution in [2.24, 2.45) is 4.99 Å². The summed E-state index contributed by atoms with van der Waals surface area (Å²) in [5.41, 5.74) is 1.71. The Balaban J connectivity index is 2.16. The van der Waals surface area contributed by atoms with E-state index in [1.54, 1.807) is 12.1 Å². The van der Waals surface area contributed by atoms with Crippen LogP contribution < -0.4 is 14.9 Å². The smallest absolute Gasteiger partial charge is 0.162 e. The van der Waals surface area contributed by atoms with Crippen LogP contribution in [0.2, 0.25) is 0 Å². The molecule has 138 valence electrons. The minimum atomic E-state index is -0.909. The number of aliphatic imine (C=N–C) groups is 1. The summed E-state index contributed by atoms with van der Waals surface area (Å²) in [6.07, 6.45) is 1.30. The van der Waals surface area contributed by atoms with E-state index >= 15 is 0 Å². The van der Waals surface area contributed by atoms with Gasteiger partial charge in [0.15, 0.2) is 11.5 Å². The molecule has 2 aromatic carbocycles. The zero-order valence-corrected chi connectivity index (χ0v) is 15.3. The predicted molar refractivity (Wildman–Crippen MR) is 107 cm³/mol. The van der Waals surface area contributed by atoms with Crippen molar-refractivity contribution in [1.29, 1.82) is 0 Å². The number of ether oxygens (including phenoxy) is 2. The third-order valence-electron chi connectivity index (χ3n) is 4.04. The molecule has 6 heteroatoms. The Kier molecular flexibility index (Phi) is 5.65. The molecule has 3 nitrogen and oxygen atoms in total. The number of rotatable bonds is 3. The van der Waals surface area contributed by atoms with Gasteiger partial charge in [-0.3, -0.25) is 0 Å². The van der Waals surface area contributed by atoms with Crippen molar-refractivity contribution in [2.75, 3.05) is 13.2 Å². The first-order valence-corrected chi connectivity index (χ1v) is 8.46. The zero-order chi connectivity index (χ0) is 20.3. The second-order valence-corrected chi connectivity index (χ2v) is 6.06. The van der Waals surface area contributed by atoms with Gasteiger partial charge in [0.05, 0.1) is 5.56 Å². The molecule has 0 fully saturated rings. The number of benzene rings is 2. The maximum atomic E-state index is 14.2. The van der Waals surface area contributed by atoms with Crippen LogP contribution in [0.1, 0.15) is 23.6 Å². The molecule has 0 aromatic heterocycles. The van der Waals surface area contributed by atoms with Gasteiger partial charge in [0.25, 0.3) is 0 Å². The van der Waals surface area contributed by atoms with E-state index in [0.717, 1.165) is 23.3 Å². The molecule has 0 saturated heterocycles. The van der Waals surface area contributed by atoms with Crippen LogP contribution in [0.4, 0.5) is 8.78 Å². The summed E-state index contributed by atoms with van der Waals surface area (Å²) in [6.45, 7) is 10.3. The molecular formula is C22H16BF2NO2. The van der Waals surface area contributed by atoms with E-state index in [4.69, 9.17) is 17.3 Å². The molecule has 28 heavy (non-hydrogen) atoms. The molecule has 0 unspecified atom stereocenters. The van der Waals surface area contributed by atoms with E-state index in [-0.39, 0.29) is 11.2 Å². The minimum absolute atomic E-state index is 0.185. The lowest BCUT2D eigenvalue weighted by Gasteiger charge is -2.21. The fraction of sp³-hybridized carbons (Fsp3) is 0.136. The molecule has 2 aromatic rings. The number of nitrogens with zero attached hydrogens (tertiary/aromatic N) is 1. The first-order chi connectivity index (χ1) is 13.4. The first kappa shape index (κ1) is 19.4. The fourth-order valence-corrected chi connectivity index (χ4v) is 2.70. The van der Waals surface area contributed by atoms with Crippen molar-refractivity contribution in [3.05, 3.63) is 71.9 Å². The number of fused-ring (bicyclic) bond motifs is 1. The molecule has 0 spiro atoms. The molecule has 0 aliphatic carbocycles. The summed E-state index contributed by atoms with van der Waals surface area (Å²) < 4.78 is 39.4. The van der Waals surface area contributed by atoms with E-state index in [0.29, 0.717) is 30.3 Å².